The fourth-order valence-electron chi connectivity index (χ4n) is 4.20. The number of aliphatic hydroxyl groups excluding tert-OH is 1. The number of piperidine rings is 1. The second-order valence-corrected chi connectivity index (χ2v) is 9.74. The van der Waals surface area contributed by atoms with Crippen LogP contribution in [0.4, 0.5) is 24.5 Å². The van der Waals surface area contributed by atoms with Crippen LogP contribution in [0.15, 0.2) is 60.7 Å². The Morgan fingerprint density at radius 2 is 1.81 bits per heavy atom. The number of aliphatic hydroxyl groups is 1. The van der Waals surface area contributed by atoms with Crippen LogP contribution in [0.25, 0.3) is 0 Å². The van der Waals surface area contributed by atoms with Crippen molar-refractivity contribution in [3.05, 3.63) is 93.5 Å². The van der Waals surface area contributed by atoms with Gasteiger partial charge in [-0.2, -0.15) is 13.2 Å². The number of amides is 2. The van der Waals surface area contributed by atoms with Crippen LogP contribution in [-0.4, -0.2) is 42.8 Å². The number of halogens is 4. The summed E-state index contributed by atoms with van der Waals surface area (Å²) in [6.45, 7) is 1.90. The molecule has 0 aromatic heterocycles. The van der Waals surface area contributed by atoms with Crippen LogP contribution in [0.3, 0.4) is 0 Å². The van der Waals surface area contributed by atoms with Crippen molar-refractivity contribution in [2.45, 2.75) is 31.9 Å². The number of hydrogen-bond acceptors (Lipinski definition) is 5. The molecule has 0 spiro atoms. The van der Waals surface area contributed by atoms with Gasteiger partial charge in [-0.3, -0.25) is 9.59 Å². The van der Waals surface area contributed by atoms with Crippen molar-refractivity contribution in [1.29, 1.82) is 5.41 Å². The topological polar surface area (TPSA) is 120 Å². The van der Waals surface area contributed by atoms with E-state index in [1.807, 2.05) is 6.07 Å². The summed E-state index contributed by atoms with van der Waals surface area (Å²) in [5.74, 6) is 4.82. The zero-order valence-corrected chi connectivity index (χ0v) is 23.4. The first-order valence-corrected chi connectivity index (χ1v) is 13.5. The van der Waals surface area contributed by atoms with Gasteiger partial charge in [0.2, 0.25) is 0 Å². The summed E-state index contributed by atoms with van der Waals surface area (Å²) in [5, 5.41) is 18.0. The fraction of sp³-hybridized carbons (Fsp3) is 0.258. The average molecular weight is 599 g/mol. The van der Waals surface area contributed by atoms with Gasteiger partial charge in [-0.25, -0.2) is 0 Å². The van der Waals surface area contributed by atoms with Gasteiger partial charge in [0.1, 0.15) is 0 Å². The van der Waals surface area contributed by atoms with Gasteiger partial charge < -0.3 is 26.5 Å². The molecular formula is C31H30ClF3N4O3. The molecule has 4 rings (SSSR count). The Labute approximate surface area is 247 Å². The standard InChI is InChI=1S/C23H25N3O3.C8H5ClF3N/c24-22(28)20-16-19(26-12-3-1-4-13-26)10-11-21(20)25-23(29)18-9-6-8-17(15-18)7-2-5-14-27;9-7-2-1-5(4-13)3-6(7)8(10,11)12/h6,8-11,15-16,27H,1,3-5,12-14H2,(H2,24,28)(H,25,29);1-4,13H. The summed E-state index contributed by atoms with van der Waals surface area (Å²) in [7, 11) is 0. The molecule has 2 amide bonds. The quantitative estimate of drug-likeness (QED) is 0.202. The van der Waals surface area contributed by atoms with E-state index >= 15 is 0 Å². The lowest BCUT2D eigenvalue weighted by molar-refractivity contribution is -0.137. The van der Waals surface area contributed by atoms with E-state index in [1.165, 1.54) is 12.5 Å². The molecule has 5 N–H and O–H groups in total. The molecule has 3 aromatic rings. The summed E-state index contributed by atoms with van der Waals surface area (Å²) in [5.41, 5.74) is 7.57. The summed E-state index contributed by atoms with van der Waals surface area (Å²) in [6, 6.07) is 15.6. The van der Waals surface area contributed by atoms with Crippen LogP contribution in [0, 0.1) is 17.3 Å². The zero-order chi connectivity index (χ0) is 30.7. The number of rotatable bonds is 6. The maximum atomic E-state index is 12.7. The van der Waals surface area contributed by atoms with E-state index in [1.54, 1.807) is 36.4 Å². The lowest BCUT2D eigenvalue weighted by Crippen LogP contribution is -2.29. The van der Waals surface area contributed by atoms with Crippen LogP contribution in [0.2, 0.25) is 5.02 Å². The van der Waals surface area contributed by atoms with Crippen LogP contribution < -0.4 is 16.0 Å². The molecular weight excluding hydrogens is 569 g/mol. The molecule has 1 saturated heterocycles. The summed E-state index contributed by atoms with van der Waals surface area (Å²) >= 11 is 5.34. The first kappa shape index (κ1) is 32.2. The van der Waals surface area contributed by atoms with Crippen molar-refractivity contribution in [3.63, 3.8) is 0 Å². The van der Waals surface area contributed by atoms with Crippen molar-refractivity contribution in [2.24, 2.45) is 5.73 Å². The second kappa shape index (κ2) is 15.1. The summed E-state index contributed by atoms with van der Waals surface area (Å²) in [6.07, 6.45) is 0.226. The molecule has 0 saturated carbocycles. The number of nitrogens with zero attached hydrogens (tertiary/aromatic N) is 1. The first-order valence-electron chi connectivity index (χ1n) is 13.1. The minimum Gasteiger partial charge on any atom is -0.395 e. The highest BCUT2D eigenvalue weighted by Gasteiger charge is 2.33. The van der Waals surface area contributed by atoms with E-state index in [9.17, 15) is 22.8 Å². The van der Waals surface area contributed by atoms with Crippen molar-refractivity contribution < 1.29 is 27.9 Å². The van der Waals surface area contributed by atoms with Crippen molar-refractivity contribution in [1.82, 2.24) is 0 Å². The molecule has 0 unspecified atom stereocenters. The lowest BCUT2D eigenvalue weighted by Gasteiger charge is -2.29. The Kier molecular flexibility index (Phi) is 11.5. The minimum absolute atomic E-state index is 0.00348. The normalized spacial score (nSPS) is 12.7. The lowest BCUT2D eigenvalue weighted by atomic mass is 10.1. The third-order valence-electron chi connectivity index (χ3n) is 6.29. The number of anilines is 2. The third-order valence-corrected chi connectivity index (χ3v) is 6.62. The molecule has 0 aliphatic carbocycles. The van der Waals surface area contributed by atoms with Crippen LogP contribution in [-0.2, 0) is 6.18 Å². The largest absolute Gasteiger partial charge is 0.417 e. The molecule has 0 bridgehead atoms. The molecule has 0 atom stereocenters. The number of primary amides is 1. The molecule has 220 valence electrons. The Bertz CT molecular complexity index is 1490. The Balaban J connectivity index is 0.000000312. The number of hydrogen-bond donors (Lipinski definition) is 4. The molecule has 7 nitrogen and oxygen atoms in total. The number of nitrogens with one attached hydrogen (secondary N) is 2. The Morgan fingerprint density at radius 1 is 1.07 bits per heavy atom. The van der Waals surface area contributed by atoms with E-state index < -0.39 is 17.6 Å². The molecule has 11 heteroatoms. The average Bonchev–Trinajstić information content (AvgIpc) is 2.98. The number of benzene rings is 3. The van der Waals surface area contributed by atoms with Gasteiger partial charge in [0.05, 0.1) is 28.4 Å². The monoisotopic (exact) mass is 598 g/mol. The SMILES string of the molecule is N=Cc1ccc(Cl)c(C(F)(F)F)c1.NC(=O)c1cc(N2CCCCC2)ccc1NC(=O)c1cccc(C#CCCO)c1. The highest BCUT2D eigenvalue weighted by atomic mass is 35.5. The molecule has 3 aromatic carbocycles. The molecule has 1 heterocycles. The van der Waals surface area contributed by atoms with Crippen LogP contribution >= 0.6 is 11.6 Å². The predicted molar refractivity (Wildman–Crippen MR) is 158 cm³/mol. The number of carbonyl (C=O) groups excluding carboxylic acids is 2. The predicted octanol–water partition coefficient (Wildman–Crippen LogP) is 6.12. The number of carbonyl (C=O) groups is 2. The van der Waals surface area contributed by atoms with Gasteiger partial charge in [-0.15, -0.1) is 0 Å². The van der Waals surface area contributed by atoms with Gasteiger partial charge in [0, 0.05) is 42.5 Å². The van der Waals surface area contributed by atoms with Crippen molar-refractivity contribution in [2.75, 3.05) is 29.9 Å². The first-order chi connectivity index (χ1) is 20.0. The van der Waals surface area contributed by atoms with Gasteiger partial charge >= 0.3 is 6.18 Å². The maximum Gasteiger partial charge on any atom is 0.417 e. The smallest absolute Gasteiger partial charge is 0.395 e. The molecule has 42 heavy (non-hydrogen) atoms. The minimum atomic E-state index is -4.46. The van der Waals surface area contributed by atoms with Gasteiger partial charge in [0.15, 0.2) is 0 Å². The molecule has 0 radical (unpaired) electrons. The summed E-state index contributed by atoms with van der Waals surface area (Å²) in [4.78, 5) is 26.9. The van der Waals surface area contributed by atoms with E-state index in [4.69, 9.17) is 27.9 Å². The van der Waals surface area contributed by atoms with Crippen molar-refractivity contribution >= 4 is 41.0 Å². The molecule has 1 aliphatic rings. The Hall–Kier alpha value is -4.33. The molecule has 1 aliphatic heterocycles. The van der Waals surface area contributed by atoms with Crippen LogP contribution in [0.1, 0.15) is 63.1 Å². The highest BCUT2D eigenvalue weighted by Crippen LogP contribution is 2.34. The third kappa shape index (κ3) is 9.09. The van der Waals surface area contributed by atoms with E-state index in [2.05, 4.69) is 22.1 Å². The number of nitrogens with two attached hydrogens (primary N) is 1. The fourth-order valence-corrected chi connectivity index (χ4v) is 4.42. The zero-order valence-electron chi connectivity index (χ0n) is 22.6. The second-order valence-electron chi connectivity index (χ2n) is 9.33. The maximum absolute atomic E-state index is 12.7. The van der Waals surface area contributed by atoms with Gasteiger partial charge in [-0.1, -0.05) is 35.6 Å². The van der Waals surface area contributed by atoms with E-state index in [0.717, 1.165) is 50.0 Å². The number of alkyl halides is 3. The van der Waals surface area contributed by atoms with E-state index in [0.29, 0.717) is 28.8 Å². The molecule has 1 fully saturated rings. The van der Waals surface area contributed by atoms with Gasteiger partial charge in [-0.05, 0) is 73.4 Å². The Morgan fingerprint density at radius 3 is 2.45 bits per heavy atom. The van der Waals surface area contributed by atoms with Gasteiger partial charge in [0.25, 0.3) is 11.8 Å². The van der Waals surface area contributed by atoms with Crippen molar-refractivity contribution in [3.8, 4) is 11.8 Å². The van der Waals surface area contributed by atoms with E-state index in [-0.39, 0.29) is 23.1 Å². The van der Waals surface area contributed by atoms with Crippen LogP contribution in [0.5, 0.6) is 0 Å². The highest BCUT2D eigenvalue weighted by molar-refractivity contribution is 6.31. The summed E-state index contributed by atoms with van der Waals surface area (Å²) < 4.78 is 36.6.